The van der Waals surface area contributed by atoms with Gasteiger partial charge in [-0.15, -0.1) is 0 Å². The molecule has 0 atom stereocenters. The van der Waals surface area contributed by atoms with Crippen LogP contribution < -0.4 is 5.32 Å². The number of benzene rings is 2. The average Bonchev–Trinajstić information content (AvgIpc) is 2.99. The van der Waals surface area contributed by atoms with E-state index in [1.165, 1.54) is 12.1 Å². The first-order chi connectivity index (χ1) is 11.5. The minimum absolute atomic E-state index is 0.0364. The molecule has 3 aromatic rings. The van der Waals surface area contributed by atoms with Gasteiger partial charge in [0.25, 0.3) is 5.89 Å². The van der Waals surface area contributed by atoms with E-state index in [0.29, 0.717) is 10.7 Å². The Labute approximate surface area is 142 Å². The number of carbonyl (C=O) groups is 1. The van der Waals surface area contributed by atoms with Gasteiger partial charge in [0, 0.05) is 10.7 Å². The molecule has 0 radical (unpaired) electrons. The number of amides is 1. The Morgan fingerprint density at radius 3 is 2.83 bits per heavy atom. The van der Waals surface area contributed by atoms with Crippen LogP contribution in [0, 0.1) is 12.7 Å². The molecule has 0 unspecified atom stereocenters. The van der Waals surface area contributed by atoms with E-state index >= 15 is 0 Å². The van der Waals surface area contributed by atoms with Crippen LogP contribution in [0.15, 0.2) is 47.0 Å². The molecule has 0 bridgehead atoms. The Bertz CT molecular complexity index is 895. The number of aryl methyl sites for hydroxylation is 1. The van der Waals surface area contributed by atoms with Crippen molar-refractivity contribution in [3.8, 4) is 11.5 Å². The number of hydrogen-bond acceptors (Lipinski definition) is 4. The molecule has 0 saturated heterocycles. The molecular formula is C17H13ClFN3O2. The van der Waals surface area contributed by atoms with Crippen molar-refractivity contribution in [2.24, 2.45) is 0 Å². The fourth-order valence-corrected chi connectivity index (χ4v) is 2.27. The van der Waals surface area contributed by atoms with Gasteiger partial charge in [-0.3, -0.25) is 4.79 Å². The summed E-state index contributed by atoms with van der Waals surface area (Å²) in [4.78, 5) is 16.1. The van der Waals surface area contributed by atoms with Crippen LogP contribution in [0.3, 0.4) is 0 Å². The van der Waals surface area contributed by atoms with E-state index in [0.717, 1.165) is 5.56 Å². The molecule has 0 spiro atoms. The SMILES string of the molecule is Cc1ccc(NC(=O)Cc2noc(-c3ccccc3F)n2)cc1Cl. The van der Waals surface area contributed by atoms with Crippen molar-refractivity contribution in [3.05, 3.63) is 64.7 Å². The number of nitrogens with zero attached hydrogens (tertiary/aromatic N) is 2. The number of nitrogens with one attached hydrogen (secondary N) is 1. The van der Waals surface area contributed by atoms with Crippen LogP contribution >= 0.6 is 11.6 Å². The van der Waals surface area contributed by atoms with Gasteiger partial charge in [0.05, 0.1) is 12.0 Å². The Morgan fingerprint density at radius 1 is 1.29 bits per heavy atom. The van der Waals surface area contributed by atoms with Crippen molar-refractivity contribution in [3.63, 3.8) is 0 Å². The number of halogens is 2. The van der Waals surface area contributed by atoms with Crippen LogP contribution in [0.5, 0.6) is 0 Å². The maximum Gasteiger partial charge on any atom is 0.260 e. The minimum atomic E-state index is -0.466. The van der Waals surface area contributed by atoms with Gasteiger partial charge in [-0.1, -0.05) is 35.0 Å². The van der Waals surface area contributed by atoms with E-state index in [9.17, 15) is 9.18 Å². The summed E-state index contributed by atoms with van der Waals surface area (Å²) in [6, 6.07) is 11.3. The predicted octanol–water partition coefficient (Wildman–Crippen LogP) is 4.02. The first-order valence-corrected chi connectivity index (χ1v) is 7.54. The van der Waals surface area contributed by atoms with Crippen molar-refractivity contribution < 1.29 is 13.7 Å². The molecule has 1 N–H and O–H groups in total. The lowest BCUT2D eigenvalue weighted by Gasteiger charge is -2.05. The second kappa shape index (κ2) is 6.80. The zero-order chi connectivity index (χ0) is 17.1. The number of hydrogen-bond donors (Lipinski definition) is 1. The highest BCUT2D eigenvalue weighted by atomic mass is 35.5. The van der Waals surface area contributed by atoms with Gasteiger partial charge in [-0.05, 0) is 36.8 Å². The summed E-state index contributed by atoms with van der Waals surface area (Å²) >= 11 is 6.02. The Kier molecular flexibility index (Phi) is 4.57. The van der Waals surface area contributed by atoms with Gasteiger partial charge >= 0.3 is 0 Å². The van der Waals surface area contributed by atoms with E-state index < -0.39 is 5.82 Å². The van der Waals surface area contributed by atoms with Crippen LogP contribution in [0.4, 0.5) is 10.1 Å². The summed E-state index contributed by atoms with van der Waals surface area (Å²) in [5, 5.41) is 6.97. The smallest absolute Gasteiger partial charge is 0.260 e. The van der Waals surface area contributed by atoms with Gasteiger partial charge in [0.15, 0.2) is 5.82 Å². The summed E-state index contributed by atoms with van der Waals surface area (Å²) in [7, 11) is 0. The normalized spacial score (nSPS) is 10.6. The number of rotatable bonds is 4. The van der Waals surface area contributed by atoms with Gasteiger partial charge in [-0.2, -0.15) is 4.98 Å². The second-order valence-corrected chi connectivity index (χ2v) is 5.59. The predicted molar refractivity (Wildman–Crippen MR) is 88.2 cm³/mol. The van der Waals surface area contributed by atoms with E-state index in [-0.39, 0.29) is 29.6 Å². The maximum atomic E-state index is 13.7. The van der Waals surface area contributed by atoms with Crippen molar-refractivity contribution in [1.29, 1.82) is 0 Å². The van der Waals surface area contributed by atoms with E-state index in [4.69, 9.17) is 16.1 Å². The standard InChI is InChI=1S/C17H13ClFN3O2/c1-10-6-7-11(8-13(10)18)20-16(23)9-15-21-17(24-22-15)12-4-2-3-5-14(12)19/h2-8H,9H2,1H3,(H,20,23). The molecule has 7 heteroatoms. The topological polar surface area (TPSA) is 68.0 Å². The van der Waals surface area contributed by atoms with Crippen molar-refractivity contribution in [2.75, 3.05) is 5.32 Å². The lowest BCUT2D eigenvalue weighted by molar-refractivity contribution is -0.115. The van der Waals surface area contributed by atoms with Gasteiger partial charge in [0.1, 0.15) is 5.82 Å². The molecular weight excluding hydrogens is 333 g/mol. The lowest BCUT2D eigenvalue weighted by atomic mass is 10.2. The third-order valence-corrected chi connectivity index (χ3v) is 3.75. The molecule has 3 rings (SSSR count). The summed E-state index contributed by atoms with van der Waals surface area (Å²) < 4.78 is 18.7. The van der Waals surface area contributed by atoms with Crippen LogP contribution in [-0.4, -0.2) is 16.0 Å². The summed E-state index contributed by atoms with van der Waals surface area (Å²) in [6.07, 6.45) is -0.0938. The molecule has 1 heterocycles. The van der Waals surface area contributed by atoms with E-state index in [1.54, 1.807) is 24.3 Å². The minimum Gasteiger partial charge on any atom is -0.334 e. The third kappa shape index (κ3) is 3.60. The second-order valence-electron chi connectivity index (χ2n) is 5.18. The molecule has 1 aromatic heterocycles. The van der Waals surface area contributed by atoms with Gasteiger partial charge < -0.3 is 9.84 Å². The highest BCUT2D eigenvalue weighted by Crippen LogP contribution is 2.21. The third-order valence-electron chi connectivity index (χ3n) is 3.35. The maximum absolute atomic E-state index is 13.7. The van der Waals surface area contributed by atoms with Gasteiger partial charge in [0.2, 0.25) is 5.91 Å². The van der Waals surface area contributed by atoms with Crippen LogP contribution in [0.25, 0.3) is 11.5 Å². The first kappa shape index (κ1) is 16.1. The molecule has 0 aliphatic rings. The fourth-order valence-electron chi connectivity index (χ4n) is 2.09. The number of carbonyl (C=O) groups excluding carboxylic acids is 1. The Morgan fingerprint density at radius 2 is 2.08 bits per heavy atom. The van der Waals surface area contributed by atoms with E-state index in [1.807, 2.05) is 13.0 Å². The van der Waals surface area contributed by atoms with Crippen molar-refractivity contribution in [1.82, 2.24) is 10.1 Å². The molecule has 0 aliphatic carbocycles. The highest BCUT2D eigenvalue weighted by Gasteiger charge is 2.15. The number of aromatic nitrogens is 2. The lowest BCUT2D eigenvalue weighted by Crippen LogP contribution is -2.15. The number of anilines is 1. The summed E-state index contributed by atoms with van der Waals surface area (Å²) in [5.74, 6) is -0.583. The summed E-state index contributed by atoms with van der Waals surface area (Å²) in [6.45, 7) is 1.87. The molecule has 2 aromatic carbocycles. The fraction of sp³-hybridized carbons (Fsp3) is 0.118. The van der Waals surface area contributed by atoms with Crippen LogP contribution in [-0.2, 0) is 11.2 Å². The van der Waals surface area contributed by atoms with Gasteiger partial charge in [-0.25, -0.2) is 4.39 Å². The van der Waals surface area contributed by atoms with E-state index in [2.05, 4.69) is 15.5 Å². The largest absolute Gasteiger partial charge is 0.334 e. The zero-order valence-electron chi connectivity index (χ0n) is 12.7. The monoisotopic (exact) mass is 345 g/mol. The average molecular weight is 346 g/mol. The van der Waals surface area contributed by atoms with Crippen molar-refractivity contribution in [2.45, 2.75) is 13.3 Å². The molecule has 0 fully saturated rings. The molecule has 5 nitrogen and oxygen atoms in total. The van der Waals surface area contributed by atoms with Crippen molar-refractivity contribution >= 4 is 23.2 Å². The van der Waals surface area contributed by atoms with Crippen LogP contribution in [0.2, 0.25) is 5.02 Å². The molecule has 24 heavy (non-hydrogen) atoms. The Hall–Kier alpha value is -2.73. The first-order valence-electron chi connectivity index (χ1n) is 7.16. The van der Waals surface area contributed by atoms with Crippen LogP contribution in [0.1, 0.15) is 11.4 Å². The molecule has 1 amide bonds. The molecule has 0 aliphatic heterocycles. The zero-order valence-corrected chi connectivity index (χ0v) is 13.5. The molecule has 122 valence electrons. The highest BCUT2D eigenvalue weighted by molar-refractivity contribution is 6.31. The molecule has 0 saturated carbocycles. The summed E-state index contributed by atoms with van der Waals surface area (Å²) in [5.41, 5.74) is 1.69. The Balaban J connectivity index is 1.69. The quantitative estimate of drug-likeness (QED) is 0.775.